The van der Waals surface area contributed by atoms with Gasteiger partial charge in [0.1, 0.15) is 6.33 Å². The normalized spacial score (nSPS) is 11.1. The van der Waals surface area contributed by atoms with Gasteiger partial charge in [-0.1, -0.05) is 53.7 Å². The Morgan fingerprint density at radius 2 is 2.08 bits per heavy atom. The van der Waals surface area contributed by atoms with Crippen LogP contribution in [0.25, 0.3) is 0 Å². The largest absolute Gasteiger partial charge is 0.270 e. The molecule has 0 saturated heterocycles. The summed E-state index contributed by atoms with van der Waals surface area (Å²) in [4.78, 5) is 10.4. The van der Waals surface area contributed by atoms with Crippen LogP contribution in [-0.2, 0) is 5.75 Å². The van der Waals surface area contributed by atoms with E-state index in [1.165, 1.54) is 41.3 Å². The number of hydrogen-bond donors (Lipinski definition) is 0. The van der Waals surface area contributed by atoms with Crippen molar-refractivity contribution in [2.75, 3.05) is 0 Å². The molecule has 0 fully saturated rings. The molecule has 8 heteroatoms. The monoisotopic (exact) mass is 353 g/mol. The molecule has 0 N–H and O–H groups in total. The number of nitro benzene ring substituents is 1. The standard InChI is InChI=1S/C17H15N5O2S/c1-13-5-7-14(8-6-13)11-25-17-20-18-12-21(17)19-10-15-3-2-4-16(9-15)22(23)24/h2-10,12H,11H2,1H3/b19-10+. The van der Waals surface area contributed by atoms with Crippen molar-refractivity contribution in [1.29, 1.82) is 0 Å². The van der Waals surface area contributed by atoms with Gasteiger partial charge in [-0.05, 0) is 12.5 Å². The van der Waals surface area contributed by atoms with Crippen LogP contribution in [0.3, 0.4) is 0 Å². The summed E-state index contributed by atoms with van der Waals surface area (Å²) in [5.41, 5.74) is 3.07. The van der Waals surface area contributed by atoms with Crippen LogP contribution in [0.1, 0.15) is 16.7 Å². The van der Waals surface area contributed by atoms with Crippen LogP contribution >= 0.6 is 11.8 Å². The van der Waals surface area contributed by atoms with E-state index in [1.807, 2.05) is 0 Å². The maximum absolute atomic E-state index is 10.8. The summed E-state index contributed by atoms with van der Waals surface area (Å²) in [5, 5.41) is 23.7. The summed E-state index contributed by atoms with van der Waals surface area (Å²) in [6.07, 6.45) is 3.05. The molecule has 2 aromatic carbocycles. The number of aryl methyl sites for hydroxylation is 1. The highest BCUT2D eigenvalue weighted by molar-refractivity contribution is 7.98. The summed E-state index contributed by atoms with van der Waals surface area (Å²) in [5.74, 6) is 0.755. The van der Waals surface area contributed by atoms with Gasteiger partial charge in [-0.3, -0.25) is 10.1 Å². The maximum atomic E-state index is 10.8. The Morgan fingerprint density at radius 1 is 1.28 bits per heavy atom. The third kappa shape index (κ3) is 4.51. The Labute approximate surface area is 148 Å². The van der Waals surface area contributed by atoms with Crippen LogP contribution in [0.5, 0.6) is 0 Å². The van der Waals surface area contributed by atoms with Gasteiger partial charge in [0.05, 0.1) is 11.1 Å². The summed E-state index contributed by atoms with van der Waals surface area (Å²) in [6.45, 7) is 2.05. The summed E-state index contributed by atoms with van der Waals surface area (Å²) < 4.78 is 1.55. The SMILES string of the molecule is Cc1ccc(CSc2nncn2/N=C/c2cccc([N+](=O)[O-])c2)cc1. The molecule has 0 aliphatic heterocycles. The number of non-ortho nitro benzene ring substituents is 1. The molecule has 0 unspecified atom stereocenters. The molecular formula is C17H15N5O2S. The van der Waals surface area contributed by atoms with Crippen molar-refractivity contribution < 1.29 is 4.92 Å². The third-order valence-corrected chi connectivity index (χ3v) is 4.41. The lowest BCUT2D eigenvalue weighted by atomic mass is 10.2. The van der Waals surface area contributed by atoms with Crippen molar-refractivity contribution in [2.45, 2.75) is 17.8 Å². The maximum Gasteiger partial charge on any atom is 0.270 e. The number of rotatable bonds is 6. The van der Waals surface area contributed by atoms with Crippen LogP contribution in [0, 0.1) is 17.0 Å². The van der Waals surface area contributed by atoms with Gasteiger partial charge in [-0.25, -0.2) is 0 Å². The zero-order valence-electron chi connectivity index (χ0n) is 13.4. The van der Waals surface area contributed by atoms with Gasteiger partial charge in [-0.15, -0.1) is 10.2 Å². The van der Waals surface area contributed by atoms with Gasteiger partial charge in [0.15, 0.2) is 0 Å². The summed E-state index contributed by atoms with van der Waals surface area (Å²) in [7, 11) is 0. The molecule has 1 heterocycles. The lowest BCUT2D eigenvalue weighted by molar-refractivity contribution is -0.384. The minimum absolute atomic E-state index is 0.0293. The van der Waals surface area contributed by atoms with Gasteiger partial charge in [-0.2, -0.15) is 9.78 Å². The fourth-order valence-electron chi connectivity index (χ4n) is 2.07. The lowest BCUT2D eigenvalue weighted by Gasteiger charge is -2.02. The first-order valence-electron chi connectivity index (χ1n) is 7.49. The highest BCUT2D eigenvalue weighted by Crippen LogP contribution is 2.21. The van der Waals surface area contributed by atoms with E-state index >= 15 is 0 Å². The second kappa shape index (κ2) is 7.71. The van der Waals surface area contributed by atoms with E-state index in [2.05, 4.69) is 46.5 Å². The minimum Gasteiger partial charge on any atom is -0.258 e. The van der Waals surface area contributed by atoms with Gasteiger partial charge in [0.25, 0.3) is 5.69 Å². The smallest absolute Gasteiger partial charge is 0.258 e. The Bertz CT molecular complexity index is 905. The molecule has 0 spiro atoms. The first-order chi connectivity index (χ1) is 12.1. The molecule has 0 radical (unpaired) electrons. The van der Waals surface area contributed by atoms with E-state index < -0.39 is 4.92 Å². The van der Waals surface area contributed by atoms with Gasteiger partial charge in [0, 0.05) is 23.4 Å². The number of nitrogens with zero attached hydrogens (tertiary/aromatic N) is 5. The summed E-state index contributed by atoms with van der Waals surface area (Å²) >= 11 is 1.52. The quantitative estimate of drug-likeness (QED) is 0.292. The van der Waals surface area contributed by atoms with E-state index in [0.717, 1.165) is 5.75 Å². The van der Waals surface area contributed by atoms with Crippen molar-refractivity contribution in [3.8, 4) is 0 Å². The second-order valence-electron chi connectivity index (χ2n) is 5.33. The van der Waals surface area contributed by atoms with Crippen molar-refractivity contribution in [3.63, 3.8) is 0 Å². The first-order valence-corrected chi connectivity index (χ1v) is 8.47. The van der Waals surface area contributed by atoms with Gasteiger partial charge in [0.2, 0.25) is 5.16 Å². The zero-order chi connectivity index (χ0) is 17.6. The predicted octanol–water partition coefficient (Wildman–Crippen LogP) is 3.67. The number of thioether (sulfide) groups is 1. The van der Waals surface area contributed by atoms with Crippen LogP contribution in [0.2, 0.25) is 0 Å². The molecule has 25 heavy (non-hydrogen) atoms. The Kier molecular flexibility index (Phi) is 5.20. The predicted molar refractivity (Wildman–Crippen MR) is 96.9 cm³/mol. The molecule has 0 aliphatic carbocycles. The van der Waals surface area contributed by atoms with Crippen LogP contribution in [-0.4, -0.2) is 26.0 Å². The minimum atomic E-state index is -0.432. The third-order valence-electron chi connectivity index (χ3n) is 3.40. The fraction of sp³-hybridized carbons (Fsp3) is 0.118. The molecule has 0 bridgehead atoms. The summed E-state index contributed by atoms with van der Waals surface area (Å²) in [6, 6.07) is 14.6. The molecule has 3 rings (SSSR count). The Hall–Kier alpha value is -3.00. The van der Waals surface area contributed by atoms with Crippen LogP contribution < -0.4 is 0 Å². The van der Waals surface area contributed by atoms with E-state index in [1.54, 1.807) is 23.0 Å². The topological polar surface area (TPSA) is 86.2 Å². The molecule has 126 valence electrons. The molecule has 0 saturated carbocycles. The van der Waals surface area contributed by atoms with E-state index in [4.69, 9.17) is 0 Å². The average molecular weight is 353 g/mol. The highest BCUT2D eigenvalue weighted by atomic mass is 32.2. The zero-order valence-corrected chi connectivity index (χ0v) is 14.3. The molecule has 0 atom stereocenters. The first kappa shape index (κ1) is 16.8. The molecule has 7 nitrogen and oxygen atoms in total. The number of nitro groups is 1. The van der Waals surface area contributed by atoms with E-state index in [0.29, 0.717) is 10.7 Å². The fourth-order valence-corrected chi connectivity index (χ4v) is 2.89. The molecular weight excluding hydrogens is 338 g/mol. The van der Waals surface area contributed by atoms with Crippen LogP contribution in [0.4, 0.5) is 5.69 Å². The van der Waals surface area contributed by atoms with Crippen LogP contribution in [0.15, 0.2) is 65.1 Å². The van der Waals surface area contributed by atoms with Gasteiger partial charge < -0.3 is 0 Å². The highest BCUT2D eigenvalue weighted by Gasteiger charge is 2.06. The van der Waals surface area contributed by atoms with Gasteiger partial charge >= 0.3 is 0 Å². The molecule has 0 aliphatic rings. The average Bonchev–Trinajstić information content (AvgIpc) is 3.07. The lowest BCUT2D eigenvalue weighted by Crippen LogP contribution is -1.94. The number of benzene rings is 2. The van der Waals surface area contributed by atoms with E-state index in [-0.39, 0.29) is 5.69 Å². The Morgan fingerprint density at radius 3 is 2.84 bits per heavy atom. The van der Waals surface area contributed by atoms with Crippen molar-refractivity contribution in [3.05, 3.63) is 81.7 Å². The van der Waals surface area contributed by atoms with Crippen molar-refractivity contribution >= 4 is 23.7 Å². The number of hydrogen-bond acceptors (Lipinski definition) is 6. The van der Waals surface area contributed by atoms with Crippen molar-refractivity contribution in [1.82, 2.24) is 14.9 Å². The molecule has 1 aromatic heterocycles. The second-order valence-corrected chi connectivity index (χ2v) is 6.27. The Balaban J connectivity index is 1.70. The molecule has 0 amide bonds. The number of aromatic nitrogens is 3. The van der Waals surface area contributed by atoms with E-state index in [9.17, 15) is 10.1 Å². The molecule has 3 aromatic rings. The van der Waals surface area contributed by atoms with Crippen molar-refractivity contribution in [2.24, 2.45) is 5.10 Å².